The lowest BCUT2D eigenvalue weighted by molar-refractivity contribution is -0.0154. The van der Waals surface area contributed by atoms with Crippen molar-refractivity contribution in [3.63, 3.8) is 0 Å². The van der Waals surface area contributed by atoms with E-state index in [1.54, 1.807) is 5.32 Å². The van der Waals surface area contributed by atoms with Crippen molar-refractivity contribution in [2.75, 3.05) is 18.9 Å². The fourth-order valence-corrected chi connectivity index (χ4v) is 2.09. The van der Waals surface area contributed by atoms with Crippen LogP contribution in [0.3, 0.4) is 0 Å². The van der Waals surface area contributed by atoms with Gasteiger partial charge in [0.1, 0.15) is 12.4 Å². The third-order valence-corrected chi connectivity index (χ3v) is 3.02. The van der Waals surface area contributed by atoms with Gasteiger partial charge in [0.15, 0.2) is 17.2 Å². The molecule has 1 aromatic rings. The number of nitrogens with one attached hydrogen (secondary N) is 1. The normalized spacial score (nSPS) is 21.6. The Bertz CT molecular complexity index is 638. The molecule has 1 heterocycles. The molecule has 0 unspecified atom stereocenters. The Balaban J connectivity index is 2.61. The van der Waals surface area contributed by atoms with E-state index in [0.717, 1.165) is 6.07 Å². The molecule has 0 radical (unpaired) electrons. The third-order valence-electron chi connectivity index (χ3n) is 3.02. The molecule has 0 bridgehead atoms. The smallest absolute Gasteiger partial charge is 0.410 e. The largest absolute Gasteiger partial charge is 0.465 e. The molecule has 22 heavy (non-hydrogen) atoms. The number of nitrogens with zero attached hydrogens (tertiary/aromatic N) is 1. The molecule has 1 atom stereocenters. The van der Waals surface area contributed by atoms with E-state index in [1.165, 1.54) is 0 Å². The molecule has 10 heteroatoms. The van der Waals surface area contributed by atoms with Crippen LogP contribution in [0.4, 0.5) is 28.0 Å². The van der Waals surface area contributed by atoms with Gasteiger partial charge in [-0.1, -0.05) is 0 Å². The van der Waals surface area contributed by atoms with Crippen molar-refractivity contribution in [1.82, 2.24) is 5.32 Å². The Morgan fingerprint density at radius 3 is 2.73 bits per heavy atom. The van der Waals surface area contributed by atoms with Crippen LogP contribution in [0.25, 0.3) is 0 Å². The van der Waals surface area contributed by atoms with Crippen molar-refractivity contribution in [3.8, 4) is 0 Å². The molecule has 120 valence electrons. The predicted molar refractivity (Wildman–Crippen MR) is 67.9 cm³/mol. The molecule has 2 rings (SSSR count). The molecule has 1 amide bonds. The molecule has 0 saturated carbocycles. The summed E-state index contributed by atoms with van der Waals surface area (Å²) in [6.07, 6.45) is -4.83. The van der Waals surface area contributed by atoms with Gasteiger partial charge in [-0.15, -0.1) is 0 Å². The standard InChI is InChI=1S/C12H11F4N3O3/c13-7-2-5(17)1-6(9(7)14)12(10(15)16)4-22-3-8(19-12)18-11(20)21/h1-2,10H,3-4,17H2,(H,18,19)(H,20,21)/t12-/m0/s1. The SMILES string of the molecule is Nc1cc(F)c(F)c([C@]2(C(F)F)COCC(NC(=O)O)=N2)c1. The third kappa shape index (κ3) is 2.82. The van der Waals surface area contributed by atoms with Crippen LogP contribution in [0.5, 0.6) is 0 Å². The number of halogens is 4. The molecule has 0 fully saturated rings. The van der Waals surface area contributed by atoms with E-state index in [9.17, 15) is 22.4 Å². The summed E-state index contributed by atoms with van der Waals surface area (Å²) in [6.45, 7) is -1.14. The number of nitrogens with two attached hydrogens (primary N) is 1. The van der Waals surface area contributed by atoms with Gasteiger partial charge in [0.05, 0.1) is 6.61 Å². The van der Waals surface area contributed by atoms with Gasteiger partial charge in [0.25, 0.3) is 6.43 Å². The van der Waals surface area contributed by atoms with E-state index in [0.29, 0.717) is 6.07 Å². The molecule has 1 aliphatic rings. The van der Waals surface area contributed by atoms with Crippen LogP contribution >= 0.6 is 0 Å². The molecule has 6 nitrogen and oxygen atoms in total. The summed E-state index contributed by atoms with van der Waals surface area (Å²) in [5, 5.41) is 10.4. The maximum atomic E-state index is 13.9. The Hall–Kier alpha value is -2.36. The molecule has 0 aliphatic carbocycles. The van der Waals surface area contributed by atoms with Crippen LogP contribution in [-0.2, 0) is 10.3 Å². The zero-order valence-electron chi connectivity index (χ0n) is 10.9. The quantitative estimate of drug-likeness (QED) is 0.570. The first-order chi connectivity index (χ1) is 10.3. The number of hydrogen-bond donors (Lipinski definition) is 3. The van der Waals surface area contributed by atoms with Crippen LogP contribution in [0, 0.1) is 11.6 Å². The van der Waals surface area contributed by atoms with Crippen LogP contribution < -0.4 is 11.1 Å². The Morgan fingerprint density at radius 1 is 1.45 bits per heavy atom. The van der Waals surface area contributed by atoms with Crippen LogP contribution in [0.1, 0.15) is 5.56 Å². The summed E-state index contributed by atoms with van der Waals surface area (Å²) in [6, 6.07) is 1.46. The van der Waals surface area contributed by atoms with E-state index >= 15 is 0 Å². The number of ether oxygens (including phenoxy) is 1. The minimum absolute atomic E-state index is 0.276. The van der Waals surface area contributed by atoms with E-state index in [4.69, 9.17) is 15.6 Å². The van der Waals surface area contributed by atoms with Gasteiger partial charge in [-0.2, -0.15) is 0 Å². The Labute approximate surface area is 121 Å². The first-order valence-corrected chi connectivity index (χ1v) is 5.96. The minimum Gasteiger partial charge on any atom is -0.465 e. The van der Waals surface area contributed by atoms with Crippen molar-refractivity contribution in [1.29, 1.82) is 0 Å². The maximum Gasteiger partial charge on any atom is 0.410 e. The number of alkyl halides is 2. The van der Waals surface area contributed by atoms with Crippen LogP contribution in [-0.4, -0.2) is 36.7 Å². The topological polar surface area (TPSA) is 96.9 Å². The van der Waals surface area contributed by atoms with Gasteiger partial charge in [0.2, 0.25) is 0 Å². The summed E-state index contributed by atoms with van der Waals surface area (Å²) in [5.41, 5.74) is 1.69. The molecule has 0 saturated heterocycles. The van der Waals surface area contributed by atoms with Gasteiger partial charge in [-0.25, -0.2) is 27.3 Å². The van der Waals surface area contributed by atoms with Gasteiger partial charge in [-0.05, 0) is 12.1 Å². The van der Waals surface area contributed by atoms with Gasteiger partial charge in [0, 0.05) is 11.3 Å². The number of amides is 1. The van der Waals surface area contributed by atoms with Crippen LogP contribution in [0.15, 0.2) is 17.1 Å². The summed E-state index contributed by atoms with van der Waals surface area (Å²) >= 11 is 0. The van der Waals surface area contributed by atoms with Crippen molar-refractivity contribution in [2.45, 2.75) is 12.0 Å². The number of hydrogen-bond acceptors (Lipinski definition) is 4. The number of anilines is 1. The van der Waals surface area contributed by atoms with Crippen molar-refractivity contribution in [3.05, 3.63) is 29.3 Å². The highest BCUT2D eigenvalue weighted by Crippen LogP contribution is 2.38. The average Bonchev–Trinajstić information content (AvgIpc) is 2.42. The second-order valence-corrected chi connectivity index (χ2v) is 4.57. The molecule has 1 aliphatic heterocycles. The summed E-state index contributed by atoms with van der Waals surface area (Å²) in [4.78, 5) is 14.1. The summed E-state index contributed by atoms with van der Waals surface area (Å²) in [7, 11) is 0. The highest BCUT2D eigenvalue weighted by molar-refractivity contribution is 5.96. The Kier molecular flexibility index (Phi) is 4.22. The second-order valence-electron chi connectivity index (χ2n) is 4.57. The van der Waals surface area contributed by atoms with Crippen molar-refractivity contribution >= 4 is 17.6 Å². The molecule has 0 spiro atoms. The number of nitrogen functional groups attached to an aromatic ring is 1. The summed E-state index contributed by atoms with van der Waals surface area (Å²) in [5.74, 6) is -3.40. The second kappa shape index (κ2) is 5.79. The lowest BCUT2D eigenvalue weighted by Gasteiger charge is -2.33. The van der Waals surface area contributed by atoms with Crippen LogP contribution in [0.2, 0.25) is 0 Å². The molecule has 4 N–H and O–H groups in total. The minimum atomic E-state index is -3.28. The van der Waals surface area contributed by atoms with Gasteiger partial charge in [-0.3, -0.25) is 5.32 Å². The lowest BCUT2D eigenvalue weighted by atomic mass is 9.89. The van der Waals surface area contributed by atoms with E-state index in [-0.39, 0.29) is 12.3 Å². The lowest BCUT2D eigenvalue weighted by Crippen LogP contribution is -2.47. The molecule has 0 aromatic heterocycles. The number of amidine groups is 1. The predicted octanol–water partition coefficient (Wildman–Crippen LogP) is 1.70. The number of carbonyl (C=O) groups is 1. The molecular formula is C12H11F4N3O3. The molecular weight excluding hydrogens is 310 g/mol. The number of benzene rings is 1. The summed E-state index contributed by atoms with van der Waals surface area (Å²) < 4.78 is 59.3. The number of rotatable bonds is 2. The van der Waals surface area contributed by atoms with E-state index < -0.39 is 47.7 Å². The highest BCUT2D eigenvalue weighted by atomic mass is 19.3. The van der Waals surface area contributed by atoms with E-state index in [1.807, 2.05) is 0 Å². The number of carboxylic acid groups (broad SMARTS) is 1. The number of aliphatic imine (C=N–C) groups is 1. The zero-order chi connectivity index (χ0) is 16.5. The maximum absolute atomic E-state index is 13.9. The fourth-order valence-electron chi connectivity index (χ4n) is 2.09. The Morgan fingerprint density at radius 2 is 2.14 bits per heavy atom. The van der Waals surface area contributed by atoms with Crippen molar-refractivity contribution in [2.24, 2.45) is 4.99 Å². The first-order valence-electron chi connectivity index (χ1n) is 5.96. The van der Waals surface area contributed by atoms with Gasteiger partial charge < -0.3 is 15.6 Å². The van der Waals surface area contributed by atoms with Gasteiger partial charge >= 0.3 is 6.09 Å². The zero-order valence-corrected chi connectivity index (χ0v) is 10.9. The molecule has 1 aromatic carbocycles. The monoisotopic (exact) mass is 321 g/mol. The highest BCUT2D eigenvalue weighted by Gasteiger charge is 2.47. The average molecular weight is 321 g/mol. The van der Waals surface area contributed by atoms with Crippen molar-refractivity contribution < 1.29 is 32.2 Å². The fraction of sp³-hybridized carbons (Fsp3) is 0.333. The first kappa shape index (κ1) is 16.0. The van der Waals surface area contributed by atoms with E-state index in [2.05, 4.69) is 4.99 Å².